The van der Waals surface area contributed by atoms with Crippen molar-refractivity contribution in [3.63, 3.8) is 0 Å². The number of hydrogen-bond acceptors (Lipinski definition) is 6. The van der Waals surface area contributed by atoms with Crippen LogP contribution >= 0.6 is 0 Å². The normalized spacial score (nSPS) is 11.0. The van der Waals surface area contributed by atoms with Crippen LogP contribution in [0.5, 0.6) is 23.0 Å². The van der Waals surface area contributed by atoms with Gasteiger partial charge in [0.2, 0.25) is 0 Å². The number of benzene rings is 5. The Morgan fingerprint density at radius 2 is 0.738 bits per heavy atom. The molecule has 0 unspecified atom stereocenters. The Morgan fingerprint density at radius 3 is 1.08 bits per heavy atom. The molecule has 0 bridgehead atoms. The summed E-state index contributed by atoms with van der Waals surface area (Å²) in [5.74, 6) is 3.40. The van der Waals surface area contributed by atoms with Crippen molar-refractivity contribution in [3.05, 3.63) is 115 Å². The highest BCUT2D eigenvalue weighted by molar-refractivity contribution is 5.83. The average Bonchev–Trinajstić information content (AvgIpc) is 3.30. The number of nitrogens with zero attached hydrogens (tertiary/aromatic N) is 1. The number of carbonyl (C=O) groups is 1. The molecule has 5 aromatic rings. The first kappa shape index (κ1) is 46.8. The van der Waals surface area contributed by atoms with Crippen LogP contribution in [0, 0.1) is 0 Å². The fourth-order valence-electron chi connectivity index (χ4n) is 7.49. The van der Waals surface area contributed by atoms with Crippen LogP contribution in [0.15, 0.2) is 109 Å². The molecule has 0 spiro atoms. The maximum absolute atomic E-state index is 11.6. The van der Waals surface area contributed by atoms with Gasteiger partial charge in [-0.1, -0.05) is 129 Å². The van der Waals surface area contributed by atoms with Gasteiger partial charge in [0.1, 0.15) is 29.3 Å². The molecule has 326 valence electrons. The summed E-state index contributed by atoms with van der Waals surface area (Å²) < 4.78 is 25.3. The van der Waals surface area contributed by atoms with Gasteiger partial charge in [-0.2, -0.15) is 0 Å². The molecule has 0 aliphatic carbocycles. The summed E-state index contributed by atoms with van der Waals surface area (Å²) >= 11 is 0. The molecule has 0 heterocycles. The molecule has 61 heavy (non-hydrogen) atoms. The number of anilines is 3. The third-order valence-electron chi connectivity index (χ3n) is 11.1. The molecule has 0 fully saturated rings. The summed E-state index contributed by atoms with van der Waals surface area (Å²) in [5, 5.41) is 0. The van der Waals surface area contributed by atoms with E-state index in [1.54, 1.807) is 0 Å². The molecule has 0 atom stereocenters. The second-order valence-electron chi connectivity index (χ2n) is 16.1. The van der Waals surface area contributed by atoms with Gasteiger partial charge in [-0.15, -0.1) is 0 Å². The van der Waals surface area contributed by atoms with E-state index in [0.717, 1.165) is 107 Å². The zero-order valence-electron chi connectivity index (χ0n) is 37.6. The summed E-state index contributed by atoms with van der Waals surface area (Å²) in [5.41, 5.74) is 7.83. The summed E-state index contributed by atoms with van der Waals surface area (Å²) in [4.78, 5) is 13.8. The van der Waals surface area contributed by atoms with Gasteiger partial charge in [-0.05, 0) is 110 Å². The quantitative estimate of drug-likeness (QED) is 0.0340. The van der Waals surface area contributed by atoms with Gasteiger partial charge in [0, 0.05) is 45.9 Å². The molecule has 0 amide bonds. The number of rotatable bonds is 30. The Morgan fingerprint density at radius 1 is 0.393 bits per heavy atom. The van der Waals surface area contributed by atoms with E-state index in [1.807, 2.05) is 24.3 Å². The molecular formula is C55H71NO5. The Labute approximate surface area is 367 Å². The number of aldehydes is 1. The lowest BCUT2D eigenvalue weighted by Gasteiger charge is -2.26. The first-order valence-electron chi connectivity index (χ1n) is 23.4. The fraction of sp³-hybridized carbons (Fsp3) is 0.436. The van der Waals surface area contributed by atoms with Gasteiger partial charge < -0.3 is 23.8 Å². The lowest BCUT2D eigenvalue weighted by atomic mass is 10.0. The van der Waals surface area contributed by atoms with E-state index >= 15 is 0 Å². The Hall–Kier alpha value is -5.23. The van der Waals surface area contributed by atoms with Gasteiger partial charge >= 0.3 is 0 Å². The van der Waals surface area contributed by atoms with Crippen LogP contribution in [-0.4, -0.2) is 32.7 Å². The molecule has 0 aliphatic rings. The molecule has 5 rings (SSSR count). The van der Waals surface area contributed by atoms with Crippen molar-refractivity contribution in [2.24, 2.45) is 0 Å². The van der Waals surface area contributed by atoms with Gasteiger partial charge in [0.25, 0.3) is 0 Å². The number of ether oxygens (including phenoxy) is 4. The van der Waals surface area contributed by atoms with Crippen LogP contribution in [0.4, 0.5) is 17.1 Å². The number of hydrogen-bond donors (Lipinski definition) is 0. The molecule has 0 saturated heterocycles. The van der Waals surface area contributed by atoms with Gasteiger partial charge in [-0.25, -0.2) is 0 Å². The maximum atomic E-state index is 11.6. The van der Waals surface area contributed by atoms with Crippen molar-refractivity contribution in [3.8, 4) is 45.3 Å². The summed E-state index contributed by atoms with van der Waals surface area (Å²) in [6, 6.07) is 37.5. The topological polar surface area (TPSA) is 57.2 Å². The SMILES string of the molecule is CCCCCCOc1ccc(-c2ccc(N(c3ccc(C=O)cc3)c3ccc(-c4ccc(OCCCCCC)cc4OCCCCCC)cc3)cc2)c(OCCCCCC)c1. The van der Waals surface area contributed by atoms with E-state index < -0.39 is 0 Å². The van der Waals surface area contributed by atoms with Gasteiger partial charge in [0.05, 0.1) is 26.4 Å². The molecule has 0 radical (unpaired) electrons. The van der Waals surface area contributed by atoms with Crippen molar-refractivity contribution in [2.45, 2.75) is 130 Å². The largest absolute Gasteiger partial charge is 0.493 e. The minimum Gasteiger partial charge on any atom is -0.493 e. The van der Waals surface area contributed by atoms with Crippen molar-refractivity contribution in [2.75, 3.05) is 31.3 Å². The number of carbonyl (C=O) groups excluding carboxylic acids is 1. The van der Waals surface area contributed by atoms with Crippen LogP contribution in [0.1, 0.15) is 141 Å². The molecule has 0 saturated carbocycles. The zero-order chi connectivity index (χ0) is 42.9. The van der Waals surface area contributed by atoms with Crippen LogP contribution < -0.4 is 23.8 Å². The van der Waals surface area contributed by atoms with Crippen LogP contribution in [0.3, 0.4) is 0 Å². The minimum atomic E-state index is 0.639. The molecule has 0 aromatic heterocycles. The Kier molecular flexibility index (Phi) is 20.6. The van der Waals surface area contributed by atoms with Crippen LogP contribution in [0.25, 0.3) is 22.3 Å². The van der Waals surface area contributed by atoms with E-state index in [0.29, 0.717) is 32.0 Å². The smallest absolute Gasteiger partial charge is 0.150 e. The maximum Gasteiger partial charge on any atom is 0.150 e. The lowest BCUT2D eigenvalue weighted by Crippen LogP contribution is -2.10. The molecule has 5 aromatic carbocycles. The van der Waals surface area contributed by atoms with E-state index in [-0.39, 0.29) is 0 Å². The van der Waals surface area contributed by atoms with E-state index in [1.165, 1.54) is 64.2 Å². The lowest BCUT2D eigenvalue weighted by molar-refractivity contribution is 0.112. The molecular weight excluding hydrogens is 755 g/mol. The second kappa shape index (κ2) is 26.9. The van der Waals surface area contributed by atoms with Crippen molar-refractivity contribution >= 4 is 23.3 Å². The van der Waals surface area contributed by atoms with Crippen molar-refractivity contribution < 1.29 is 23.7 Å². The summed E-state index contributed by atoms with van der Waals surface area (Å²) in [6.07, 6.45) is 19.4. The third-order valence-corrected chi connectivity index (χ3v) is 11.1. The van der Waals surface area contributed by atoms with E-state index in [9.17, 15) is 4.79 Å². The predicted octanol–water partition coefficient (Wildman–Crippen LogP) is 16.1. The fourth-order valence-corrected chi connectivity index (χ4v) is 7.49. The zero-order valence-corrected chi connectivity index (χ0v) is 37.6. The highest BCUT2D eigenvalue weighted by Crippen LogP contribution is 2.40. The average molecular weight is 826 g/mol. The van der Waals surface area contributed by atoms with E-state index in [2.05, 4.69) is 118 Å². The third kappa shape index (κ3) is 15.0. The second-order valence-corrected chi connectivity index (χ2v) is 16.1. The van der Waals surface area contributed by atoms with Crippen LogP contribution in [0.2, 0.25) is 0 Å². The van der Waals surface area contributed by atoms with E-state index in [4.69, 9.17) is 18.9 Å². The predicted molar refractivity (Wildman–Crippen MR) is 256 cm³/mol. The standard InChI is InChI=1S/C55H71NO5/c1-5-9-13-17-37-58-50-33-35-52(54(41-50)60-39-19-15-11-7-3)45-23-29-48(30-24-45)56(47-27-21-44(43-57)22-28-47)49-31-25-46(26-32-49)53-36-34-51(59-38-18-14-10-6-2)42-55(53)61-40-20-16-12-8-4/h21-36,41-43H,5-20,37-40H2,1-4H3. The molecule has 6 nitrogen and oxygen atoms in total. The van der Waals surface area contributed by atoms with Gasteiger partial charge in [-0.3, -0.25) is 4.79 Å². The first-order chi connectivity index (χ1) is 30.1. The highest BCUT2D eigenvalue weighted by Gasteiger charge is 2.16. The Balaban J connectivity index is 1.42. The van der Waals surface area contributed by atoms with Gasteiger partial charge in [0.15, 0.2) is 0 Å². The summed E-state index contributed by atoms with van der Waals surface area (Å²) in [6.45, 7) is 11.7. The van der Waals surface area contributed by atoms with Crippen molar-refractivity contribution in [1.82, 2.24) is 0 Å². The first-order valence-corrected chi connectivity index (χ1v) is 23.4. The summed E-state index contributed by atoms with van der Waals surface area (Å²) in [7, 11) is 0. The molecule has 6 heteroatoms. The highest BCUT2D eigenvalue weighted by atomic mass is 16.5. The monoisotopic (exact) mass is 826 g/mol. The number of unbranched alkanes of at least 4 members (excludes halogenated alkanes) is 12. The van der Waals surface area contributed by atoms with Crippen molar-refractivity contribution in [1.29, 1.82) is 0 Å². The van der Waals surface area contributed by atoms with Crippen LogP contribution in [-0.2, 0) is 0 Å². The Bertz CT molecular complexity index is 1850. The minimum absolute atomic E-state index is 0.639. The molecule has 0 N–H and O–H groups in total. The molecule has 0 aliphatic heterocycles.